The zero-order chi connectivity index (χ0) is 32.1. The van der Waals surface area contributed by atoms with Crippen LogP contribution in [0.4, 0.5) is 0 Å². The second-order valence-electron chi connectivity index (χ2n) is 12.0. The minimum absolute atomic E-state index is 0.0293. The van der Waals surface area contributed by atoms with Gasteiger partial charge < -0.3 is 53.3 Å². The molecule has 0 radical (unpaired) electrons. The molecule has 0 aliphatic carbocycles. The van der Waals surface area contributed by atoms with E-state index in [1.807, 2.05) is 0 Å². The van der Waals surface area contributed by atoms with Crippen molar-refractivity contribution in [1.82, 2.24) is 0 Å². The third-order valence-corrected chi connectivity index (χ3v) is 9.16. The summed E-state index contributed by atoms with van der Waals surface area (Å²) in [5.74, 6) is -1.03. The molecule has 0 bridgehead atoms. The summed E-state index contributed by atoms with van der Waals surface area (Å²) in [5, 5.41) is 55.0. The second-order valence-corrected chi connectivity index (χ2v) is 12.0. The Morgan fingerprint density at radius 3 is 2.16 bits per heavy atom. The quantitative estimate of drug-likeness (QED) is 0.111. The van der Waals surface area contributed by atoms with E-state index < -0.39 is 78.2 Å². The fraction of sp³-hybridized carbons (Fsp3) is 0.438. The van der Waals surface area contributed by atoms with Gasteiger partial charge in [0.05, 0.1) is 29.1 Å². The summed E-state index contributed by atoms with van der Waals surface area (Å²) in [6.45, 7) is 6.47. The van der Waals surface area contributed by atoms with Gasteiger partial charge in [-0.05, 0) is 38.5 Å². The molecule has 3 aromatic carbocycles. The van der Waals surface area contributed by atoms with Crippen LogP contribution in [-0.4, -0.2) is 80.8 Å². The molecule has 7 rings (SSSR count). The van der Waals surface area contributed by atoms with Crippen LogP contribution < -0.4 is 16.0 Å². The number of hydrogen-bond donors (Lipinski definition) is 5. The van der Waals surface area contributed by atoms with Gasteiger partial charge in [-0.1, -0.05) is 25.1 Å². The Bertz CT molecular complexity index is 2050. The van der Waals surface area contributed by atoms with Gasteiger partial charge in [-0.3, -0.25) is 0 Å². The first-order chi connectivity index (χ1) is 21.4. The van der Waals surface area contributed by atoms with E-state index >= 15 is 0 Å². The predicted octanol–water partition coefficient (Wildman–Crippen LogP) is 1.99. The Labute approximate surface area is 254 Å². The van der Waals surface area contributed by atoms with E-state index in [0.29, 0.717) is 10.9 Å². The van der Waals surface area contributed by atoms with E-state index in [9.17, 15) is 35.1 Å². The number of fused-ring (bicyclic) bond motifs is 2. The van der Waals surface area contributed by atoms with Gasteiger partial charge in [-0.15, -0.1) is 0 Å². The molecule has 238 valence electrons. The highest BCUT2D eigenvalue weighted by Gasteiger charge is 2.49. The lowest BCUT2D eigenvalue weighted by molar-refractivity contribution is -0.346. The molecule has 4 heterocycles. The van der Waals surface area contributed by atoms with Crippen LogP contribution in [0.5, 0.6) is 11.5 Å². The Hall–Kier alpha value is -3.82. The van der Waals surface area contributed by atoms with Gasteiger partial charge in [0, 0.05) is 22.1 Å². The van der Waals surface area contributed by atoms with Gasteiger partial charge in [0.1, 0.15) is 40.8 Å². The summed E-state index contributed by atoms with van der Waals surface area (Å²) < 4.78 is 35.2. The molecule has 2 aliphatic heterocycles. The molecule has 5 aromatic rings. The first-order valence-electron chi connectivity index (χ1n) is 14.6. The first kappa shape index (κ1) is 29.9. The zero-order valence-corrected chi connectivity index (χ0v) is 24.7. The number of aliphatic hydroxyl groups excluding tert-OH is 4. The largest absolute Gasteiger partial charge is 0.506 e. The Morgan fingerprint density at radius 1 is 0.711 bits per heavy atom. The number of rotatable bonds is 4. The molecule has 0 saturated carbocycles. The highest BCUT2D eigenvalue weighted by Crippen LogP contribution is 2.45. The SMILES string of the molecule is Cc1ccc2oc(=O)c3c(O)c4cccc(O[C@@H]5OC(C)[C@H](O)[C@H](O)C5O[C@H]5OC(C)[C@H](O)C(C)[C@H]5O)c4c4oc(=O)c1c2c34. The summed E-state index contributed by atoms with van der Waals surface area (Å²) in [5.41, 5.74) is -0.847. The molecule has 2 aromatic heterocycles. The van der Waals surface area contributed by atoms with Crippen LogP contribution in [0.25, 0.3) is 43.5 Å². The lowest BCUT2D eigenvalue weighted by Gasteiger charge is -2.45. The van der Waals surface area contributed by atoms with Crippen molar-refractivity contribution in [3.05, 3.63) is 56.7 Å². The number of benzene rings is 3. The highest BCUT2D eigenvalue weighted by atomic mass is 16.8. The smallest absolute Gasteiger partial charge is 0.348 e. The number of aryl methyl sites for hydroxylation is 1. The Morgan fingerprint density at radius 2 is 1.40 bits per heavy atom. The standard InChI is InChI=1S/C32H32O13/c1-10-8-9-16-19-17(10)29(38)44-27-18-14(25(36)21(20(19)27)30(39)42-16)6-5-7-15(18)43-32-28(26(37)24(35)13(4)41-32)45-31-23(34)11(2)22(33)12(3)40-31/h5-9,11-13,22-24,26,28,31-37H,1-4H3/t11?,12?,13?,22-,23-,24+,26+,28?,31-,32+/m1/s1. The van der Waals surface area contributed by atoms with Crippen molar-refractivity contribution in [1.29, 1.82) is 0 Å². The van der Waals surface area contributed by atoms with Gasteiger partial charge >= 0.3 is 11.3 Å². The molecule has 4 unspecified atom stereocenters. The van der Waals surface area contributed by atoms with Gasteiger partial charge in [0.25, 0.3) is 0 Å². The third kappa shape index (κ3) is 4.41. The highest BCUT2D eigenvalue weighted by molar-refractivity contribution is 6.28. The number of ether oxygens (including phenoxy) is 4. The van der Waals surface area contributed by atoms with Gasteiger partial charge in [-0.2, -0.15) is 0 Å². The fourth-order valence-electron chi connectivity index (χ4n) is 6.55. The number of aromatic hydroxyl groups is 1. The number of phenols is 1. The maximum absolute atomic E-state index is 13.3. The van der Waals surface area contributed by atoms with Crippen LogP contribution in [-0.2, 0) is 14.2 Å². The van der Waals surface area contributed by atoms with E-state index in [4.69, 9.17) is 27.8 Å². The van der Waals surface area contributed by atoms with Crippen molar-refractivity contribution in [2.24, 2.45) is 5.92 Å². The lowest BCUT2D eigenvalue weighted by atomic mass is 9.91. The molecule has 0 amide bonds. The molecule has 45 heavy (non-hydrogen) atoms. The summed E-state index contributed by atoms with van der Waals surface area (Å²) in [7, 11) is 0. The van der Waals surface area contributed by atoms with Crippen LogP contribution in [0, 0.1) is 12.8 Å². The van der Waals surface area contributed by atoms with Crippen molar-refractivity contribution in [3.63, 3.8) is 0 Å². The van der Waals surface area contributed by atoms with Crippen molar-refractivity contribution < 1.29 is 53.3 Å². The normalized spacial score (nSPS) is 32.6. The molecule has 2 aliphatic rings. The van der Waals surface area contributed by atoms with Gasteiger partial charge in [-0.25, -0.2) is 9.59 Å². The Balaban J connectivity index is 1.39. The van der Waals surface area contributed by atoms with Gasteiger partial charge in [0.15, 0.2) is 18.0 Å². The maximum Gasteiger partial charge on any atom is 0.348 e. The first-order valence-corrected chi connectivity index (χ1v) is 14.6. The summed E-state index contributed by atoms with van der Waals surface area (Å²) in [6, 6.07) is 7.75. The van der Waals surface area contributed by atoms with Crippen LogP contribution in [0.1, 0.15) is 26.3 Å². The minimum Gasteiger partial charge on any atom is -0.506 e. The van der Waals surface area contributed by atoms with Crippen molar-refractivity contribution >= 4 is 43.5 Å². The molecule has 13 nitrogen and oxygen atoms in total. The fourth-order valence-corrected chi connectivity index (χ4v) is 6.55. The van der Waals surface area contributed by atoms with Crippen LogP contribution in [0.2, 0.25) is 0 Å². The topological polar surface area (TPSA) is 198 Å². The summed E-state index contributed by atoms with van der Waals surface area (Å²) in [6.07, 6.45) is -11.0. The zero-order valence-electron chi connectivity index (χ0n) is 24.7. The third-order valence-electron chi connectivity index (χ3n) is 9.16. The van der Waals surface area contributed by atoms with Crippen molar-refractivity contribution in [2.45, 2.75) is 83.0 Å². The number of aliphatic hydroxyl groups is 4. The molecule has 2 saturated heterocycles. The van der Waals surface area contributed by atoms with Crippen molar-refractivity contribution in [2.75, 3.05) is 0 Å². The lowest BCUT2D eigenvalue weighted by Crippen LogP contribution is -2.62. The predicted molar refractivity (Wildman–Crippen MR) is 158 cm³/mol. The molecule has 13 heteroatoms. The van der Waals surface area contributed by atoms with Crippen LogP contribution in [0.15, 0.2) is 48.8 Å². The van der Waals surface area contributed by atoms with E-state index in [1.54, 1.807) is 32.9 Å². The second kappa shape index (κ2) is 10.6. The molecule has 0 spiro atoms. The average Bonchev–Trinajstić information content (AvgIpc) is 3.01. The van der Waals surface area contributed by atoms with Crippen LogP contribution in [0.3, 0.4) is 0 Å². The number of phenolic OH excluding ortho intramolecular Hbond substituents is 1. The van der Waals surface area contributed by atoms with E-state index in [1.165, 1.54) is 25.1 Å². The molecular formula is C32H32O13. The molecule has 10 atom stereocenters. The van der Waals surface area contributed by atoms with Crippen LogP contribution >= 0.6 is 0 Å². The van der Waals surface area contributed by atoms with Gasteiger partial charge in [0.2, 0.25) is 6.29 Å². The Kier molecular flexibility index (Phi) is 7.05. The minimum atomic E-state index is -1.56. The molecule has 2 fully saturated rings. The molecule has 5 N–H and O–H groups in total. The van der Waals surface area contributed by atoms with E-state index in [2.05, 4.69) is 0 Å². The van der Waals surface area contributed by atoms with E-state index in [-0.39, 0.29) is 43.8 Å². The summed E-state index contributed by atoms with van der Waals surface area (Å²) >= 11 is 0. The average molecular weight is 625 g/mol. The number of hydrogen-bond acceptors (Lipinski definition) is 13. The molecular weight excluding hydrogens is 592 g/mol. The van der Waals surface area contributed by atoms with E-state index in [0.717, 1.165) is 0 Å². The monoisotopic (exact) mass is 624 g/mol. The summed E-state index contributed by atoms with van der Waals surface area (Å²) in [4.78, 5) is 26.5. The maximum atomic E-state index is 13.3. The van der Waals surface area contributed by atoms with Crippen molar-refractivity contribution in [3.8, 4) is 11.5 Å².